The largest absolute Gasteiger partial charge is 0.349 e. The monoisotopic (exact) mass is 293 g/mol. The van der Waals surface area contributed by atoms with E-state index in [1.165, 1.54) is 24.6 Å². The van der Waals surface area contributed by atoms with E-state index >= 15 is 0 Å². The lowest BCUT2D eigenvalue weighted by Crippen LogP contribution is -2.37. The molecule has 114 valence electrons. The summed E-state index contributed by atoms with van der Waals surface area (Å²) < 4.78 is 24.9. The van der Waals surface area contributed by atoms with Gasteiger partial charge in [0.2, 0.25) is 0 Å². The van der Waals surface area contributed by atoms with Gasteiger partial charge in [0.15, 0.2) is 5.79 Å². The van der Waals surface area contributed by atoms with Crippen LogP contribution in [0.2, 0.25) is 0 Å². The molecule has 1 aliphatic carbocycles. The number of carbonyl (C=O) groups excluding carboxylic acids is 1. The van der Waals surface area contributed by atoms with Crippen molar-refractivity contribution < 1.29 is 18.7 Å². The summed E-state index contributed by atoms with van der Waals surface area (Å²) >= 11 is 0. The van der Waals surface area contributed by atoms with Crippen LogP contribution >= 0.6 is 0 Å². The molecule has 0 unspecified atom stereocenters. The van der Waals surface area contributed by atoms with Crippen LogP contribution in [0.3, 0.4) is 0 Å². The molecule has 3 rings (SSSR count). The predicted molar refractivity (Wildman–Crippen MR) is 75.4 cm³/mol. The number of ether oxygens (including phenoxy) is 2. The van der Waals surface area contributed by atoms with Crippen LogP contribution in [0.1, 0.15) is 42.5 Å². The van der Waals surface area contributed by atoms with Crippen LogP contribution in [0, 0.1) is 5.82 Å². The molecule has 1 aromatic carbocycles. The average Bonchev–Trinajstić information content (AvgIpc) is 2.88. The highest BCUT2D eigenvalue weighted by molar-refractivity contribution is 5.94. The number of rotatable bonds is 3. The molecule has 1 N–H and O–H groups in total. The standard InChI is InChI=1S/C16H20FNO3/c17-13-6-4-5-12(9-13)15(19)18-10-14-11-20-16(21-14)7-2-1-3-8-16/h4-6,9,14H,1-3,7-8,10-11H2,(H,18,19)/t14-/m1/s1. The molecule has 1 amide bonds. The third kappa shape index (κ3) is 3.41. The van der Waals surface area contributed by atoms with E-state index < -0.39 is 11.6 Å². The maximum absolute atomic E-state index is 13.1. The Balaban J connectivity index is 1.51. The van der Waals surface area contributed by atoms with Gasteiger partial charge in [-0.3, -0.25) is 4.79 Å². The minimum atomic E-state index is -0.424. The number of hydrogen-bond acceptors (Lipinski definition) is 3. The quantitative estimate of drug-likeness (QED) is 0.932. The van der Waals surface area contributed by atoms with E-state index in [0.29, 0.717) is 18.7 Å². The first-order valence-electron chi connectivity index (χ1n) is 7.52. The van der Waals surface area contributed by atoms with Gasteiger partial charge in [-0.25, -0.2) is 4.39 Å². The molecule has 4 nitrogen and oxygen atoms in total. The Morgan fingerprint density at radius 3 is 2.90 bits per heavy atom. The van der Waals surface area contributed by atoms with Gasteiger partial charge in [0.05, 0.1) is 6.61 Å². The molecular formula is C16H20FNO3. The molecule has 2 aliphatic rings. The number of carbonyl (C=O) groups is 1. The second-order valence-corrected chi connectivity index (χ2v) is 5.74. The zero-order valence-electron chi connectivity index (χ0n) is 11.9. The highest BCUT2D eigenvalue weighted by Gasteiger charge is 2.42. The Kier molecular flexibility index (Phi) is 4.22. The number of benzene rings is 1. The van der Waals surface area contributed by atoms with E-state index in [1.807, 2.05) is 0 Å². The lowest BCUT2D eigenvalue weighted by molar-refractivity contribution is -0.186. The first-order valence-corrected chi connectivity index (χ1v) is 7.52. The maximum atomic E-state index is 13.1. The summed E-state index contributed by atoms with van der Waals surface area (Å²) in [5.74, 6) is -1.13. The van der Waals surface area contributed by atoms with Crippen molar-refractivity contribution in [2.45, 2.75) is 44.0 Å². The van der Waals surface area contributed by atoms with Gasteiger partial charge in [-0.2, -0.15) is 0 Å². The fourth-order valence-corrected chi connectivity index (χ4v) is 3.01. The van der Waals surface area contributed by atoms with Gasteiger partial charge < -0.3 is 14.8 Å². The number of hydrogen-bond donors (Lipinski definition) is 1. The topological polar surface area (TPSA) is 47.6 Å². The molecule has 1 atom stereocenters. The van der Waals surface area contributed by atoms with Crippen LogP contribution in [0.5, 0.6) is 0 Å². The minimum Gasteiger partial charge on any atom is -0.349 e. The van der Waals surface area contributed by atoms with Gasteiger partial charge in [-0.05, 0) is 31.0 Å². The summed E-state index contributed by atoms with van der Waals surface area (Å²) in [7, 11) is 0. The summed E-state index contributed by atoms with van der Waals surface area (Å²) in [6.45, 7) is 0.889. The Bertz CT molecular complexity index is 514. The van der Waals surface area contributed by atoms with E-state index in [2.05, 4.69) is 5.32 Å². The van der Waals surface area contributed by atoms with Crippen molar-refractivity contribution in [1.29, 1.82) is 0 Å². The highest BCUT2D eigenvalue weighted by atomic mass is 19.1. The van der Waals surface area contributed by atoms with E-state index in [-0.39, 0.29) is 12.0 Å². The summed E-state index contributed by atoms with van der Waals surface area (Å²) in [6, 6.07) is 5.66. The van der Waals surface area contributed by atoms with E-state index in [9.17, 15) is 9.18 Å². The van der Waals surface area contributed by atoms with Crippen molar-refractivity contribution in [3.63, 3.8) is 0 Å². The molecule has 1 spiro atoms. The van der Waals surface area contributed by atoms with Crippen LogP contribution in [0.4, 0.5) is 4.39 Å². The molecule has 1 aliphatic heterocycles. The fourth-order valence-electron chi connectivity index (χ4n) is 3.01. The van der Waals surface area contributed by atoms with Gasteiger partial charge in [0.1, 0.15) is 11.9 Å². The third-order valence-electron chi connectivity index (χ3n) is 4.11. The number of halogens is 1. The van der Waals surface area contributed by atoms with Crippen LogP contribution in [-0.4, -0.2) is 30.9 Å². The van der Waals surface area contributed by atoms with E-state index in [0.717, 1.165) is 25.7 Å². The summed E-state index contributed by atoms with van der Waals surface area (Å²) in [6.07, 6.45) is 5.23. The Morgan fingerprint density at radius 1 is 1.33 bits per heavy atom. The minimum absolute atomic E-state index is 0.124. The molecule has 0 radical (unpaired) electrons. The summed E-state index contributed by atoms with van der Waals surface area (Å²) in [5.41, 5.74) is 0.321. The molecule has 1 aromatic rings. The fraction of sp³-hybridized carbons (Fsp3) is 0.562. The second kappa shape index (κ2) is 6.12. The SMILES string of the molecule is O=C(NC[C@@H]1COC2(CCCCC2)O1)c1cccc(F)c1. The zero-order chi connectivity index (χ0) is 14.7. The van der Waals surface area contributed by atoms with Crippen LogP contribution in [-0.2, 0) is 9.47 Å². The average molecular weight is 293 g/mol. The molecule has 0 bridgehead atoms. The Hall–Kier alpha value is -1.46. The van der Waals surface area contributed by atoms with Crippen LogP contribution in [0.25, 0.3) is 0 Å². The molecule has 2 fully saturated rings. The lowest BCUT2D eigenvalue weighted by atomic mass is 9.94. The van der Waals surface area contributed by atoms with Crippen molar-refractivity contribution in [1.82, 2.24) is 5.32 Å². The molecule has 21 heavy (non-hydrogen) atoms. The van der Waals surface area contributed by atoms with Crippen molar-refractivity contribution >= 4 is 5.91 Å². The first-order chi connectivity index (χ1) is 10.2. The van der Waals surface area contributed by atoms with Crippen LogP contribution in [0.15, 0.2) is 24.3 Å². The number of nitrogens with one attached hydrogen (secondary N) is 1. The van der Waals surface area contributed by atoms with Crippen molar-refractivity contribution in [3.05, 3.63) is 35.6 Å². The van der Waals surface area contributed by atoms with Gasteiger partial charge in [-0.1, -0.05) is 12.5 Å². The van der Waals surface area contributed by atoms with Gasteiger partial charge in [0.25, 0.3) is 5.91 Å². The smallest absolute Gasteiger partial charge is 0.251 e. The molecule has 0 aromatic heterocycles. The van der Waals surface area contributed by atoms with E-state index in [1.54, 1.807) is 6.07 Å². The molecule has 1 saturated heterocycles. The third-order valence-corrected chi connectivity index (χ3v) is 4.11. The molecular weight excluding hydrogens is 273 g/mol. The summed E-state index contributed by atoms with van der Waals surface area (Å²) in [4.78, 5) is 11.9. The van der Waals surface area contributed by atoms with Gasteiger partial charge in [-0.15, -0.1) is 0 Å². The number of amides is 1. The van der Waals surface area contributed by atoms with Crippen molar-refractivity contribution in [2.24, 2.45) is 0 Å². The first kappa shape index (κ1) is 14.5. The highest BCUT2D eigenvalue weighted by Crippen LogP contribution is 2.37. The Labute approximate surface area is 123 Å². The van der Waals surface area contributed by atoms with Crippen molar-refractivity contribution in [3.8, 4) is 0 Å². The zero-order valence-corrected chi connectivity index (χ0v) is 11.9. The molecule has 1 saturated carbocycles. The van der Waals surface area contributed by atoms with E-state index in [4.69, 9.17) is 9.47 Å². The van der Waals surface area contributed by atoms with Gasteiger partial charge in [0, 0.05) is 24.9 Å². The Morgan fingerprint density at radius 2 is 2.14 bits per heavy atom. The maximum Gasteiger partial charge on any atom is 0.251 e. The van der Waals surface area contributed by atoms with Crippen LogP contribution < -0.4 is 5.32 Å². The summed E-state index contributed by atoms with van der Waals surface area (Å²) in [5, 5.41) is 2.78. The second-order valence-electron chi connectivity index (χ2n) is 5.74. The molecule has 1 heterocycles. The normalized spacial score (nSPS) is 24.1. The molecule has 5 heteroatoms. The van der Waals surface area contributed by atoms with Gasteiger partial charge >= 0.3 is 0 Å². The van der Waals surface area contributed by atoms with Crippen molar-refractivity contribution in [2.75, 3.05) is 13.2 Å². The predicted octanol–water partition coefficient (Wildman–Crippen LogP) is 2.63. The lowest BCUT2D eigenvalue weighted by Gasteiger charge is -2.31.